The summed E-state index contributed by atoms with van der Waals surface area (Å²) in [6.07, 6.45) is 1.95. The van der Waals surface area contributed by atoms with Crippen LogP contribution in [0.4, 0.5) is 0 Å². The normalized spacial score (nSPS) is 22.2. The predicted molar refractivity (Wildman–Crippen MR) is 70.6 cm³/mol. The maximum atomic E-state index is 12.0. The van der Waals surface area contributed by atoms with Crippen molar-refractivity contribution >= 4 is 5.91 Å². The van der Waals surface area contributed by atoms with Gasteiger partial charge in [-0.15, -0.1) is 0 Å². The molecule has 0 aliphatic carbocycles. The second-order valence-electron chi connectivity index (χ2n) is 4.97. The summed E-state index contributed by atoms with van der Waals surface area (Å²) in [4.78, 5) is 12.0. The van der Waals surface area contributed by atoms with E-state index in [1.807, 2.05) is 6.92 Å². The minimum Gasteiger partial charge on any atom is -0.507 e. The highest BCUT2D eigenvalue weighted by Crippen LogP contribution is 2.25. The van der Waals surface area contributed by atoms with Gasteiger partial charge in [-0.2, -0.15) is 0 Å². The lowest BCUT2D eigenvalue weighted by Gasteiger charge is -2.23. The number of methoxy groups -OCH3 is 1. The number of aromatic hydroxyl groups is 1. The number of hydrogen-bond donors (Lipinski definition) is 2. The zero-order valence-electron chi connectivity index (χ0n) is 11.2. The van der Waals surface area contributed by atoms with E-state index in [1.165, 1.54) is 13.2 Å². The van der Waals surface area contributed by atoms with Gasteiger partial charge in [-0.3, -0.25) is 4.79 Å². The lowest BCUT2D eigenvalue weighted by Crippen LogP contribution is -2.40. The van der Waals surface area contributed by atoms with Gasteiger partial charge >= 0.3 is 0 Å². The van der Waals surface area contributed by atoms with Gasteiger partial charge in [0.1, 0.15) is 11.5 Å². The number of benzene rings is 1. The maximum Gasteiger partial charge on any atom is 0.255 e. The first-order valence-electron chi connectivity index (χ1n) is 6.33. The van der Waals surface area contributed by atoms with Gasteiger partial charge in [0.15, 0.2) is 0 Å². The largest absolute Gasteiger partial charge is 0.507 e. The molecule has 0 radical (unpaired) electrons. The van der Waals surface area contributed by atoms with E-state index >= 15 is 0 Å². The van der Waals surface area contributed by atoms with E-state index in [1.54, 1.807) is 12.1 Å². The third-order valence-corrected chi connectivity index (χ3v) is 3.37. The number of phenolic OH excluding ortho intramolecular Hbond substituents is 1. The molecule has 1 aliphatic rings. The van der Waals surface area contributed by atoms with Crippen molar-refractivity contribution in [3.05, 3.63) is 23.8 Å². The van der Waals surface area contributed by atoms with E-state index in [4.69, 9.17) is 9.47 Å². The fourth-order valence-corrected chi connectivity index (χ4v) is 2.17. The Morgan fingerprint density at radius 2 is 2.37 bits per heavy atom. The Kier molecular flexibility index (Phi) is 3.95. The highest BCUT2D eigenvalue weighted by molar-refractivity contribution is 5.97. The highest BCUT2D eigenvalue weighted by atomic mass is 16.5. The lowest BCUT2D eigenvalue weighted by atomic mass is 10.0. The first-order valence-corrected chi connectivity index (χ1v) is 6.33. The Hall–Kier alpha value is -1.75. The molecule has 1 saturated heterocycles. The predicted octanol–water partition coefficient (Wildman–Crippen LogP) is 1.70. The number of amides is 1. The summed E-state index contributed by atoms with van der Waals surface area (Å²) in [5.74, 6) is 0.117. The number of phenols is 1. The smallest absolute Gasteiger partial charge is 0.255 e. The summed E-state index contributed by atoms with van der Waals surface area (Å²) in [5.41, 5.74) is -0.0556. The Morgan fingerprint density at radius 3 is 2.95 bits per heavy atom. The van der Waals surface area contributed by atoms with Crippen molar-refractivity contribution in [2.75, 3.05) is 20.3 Å². The van der Waals surface area contributed by atoms with Crippen molar-refractivity contribution in [1.29, 1.82) is 0 Å². The third kappa shape index (κ3) is 3.17. The van der Waals surface area contributed by atoms with Crippen molar-refractivity contribution in [3.8, 4) is 11.5 Å². The summed E-state index contributed by atoms with van der Waals surface area (Å²) < 4.78 is 10.6. The third-order valence-electron chi connectivity index (χ3n) is 3.37. The first-order chi connectivity index (χ1) is 9.04. The van der Waals surface area contributed by atoms with Gasteiger partial charge in [0.2, 0.25) is 0 Å². The molecular weight excluding hydrogens is 246 g/mol. The molecule has 1 unspecified atom stereocenters. The van der Waals surface area contributed by atoms with E-state index in [0.717, 1.165) is 19.4 Å². The molecule has 1 aromatic rings. The molecule has 1 heterocycles. The van der Waals surface area contributed by atoms with Crippen LogP contribution in [0.3, 0.4) is 0 Å². The van der Waals surface area contributed by atoms with Gasteiger partial charge in [-0.05, 0) is 31.9 Å². The average Bonchev–Trinajstić information content (AvgIpc) is 2.83. The quantitative estimate of drug-likeness (QED) is 0.869. The van der Waals surface area contributed by atoms with Gasteiger partial charge in [0, 0.05) is 19.2 Å². The molecule has 1 aromatic carbocycles. The van der Waals surface area contributed by atoms with Gasteiger partial charge in [0.25, 0.3) is 5.91 Å². The lowest BCUT2D eigenvalue weighted by molar-refractivity contribution is 0.0205. The molecule has 19 heavy (non-hydrogen) atoms. The average molecular weight is 265 g/mol. The molecule has 1 atom stereocenters. The van der Waals surface area contributed by atoms with Crippen LogP contribution in [0, 0.1) is 0 Å². The van der Waals surface area contributed by atoms with E-state index in [9.17, 15) is 9.90 Å². The van der Waals surface area contributed by atoms with Gasteiger partial charge in [-0.1, -0.05) is 0 Å². The van der Waals surface area contributed by atoms with E-state index < -0.39 is 0 Å². The number of rotatable bonds is 4. The second kappa shape index (κ2) is 5.48. The molecule has 5 nitrogen and oxygen atoms in total. The number of ether oxygens (including phenoxy) is 2. The van der Waals surface area contributed by atoms with Gasteiger partial charge in [0.05, 0.1) is 18.3 Å². The Morgan fingerprint density at radius 1 is 1.58 bits per heavy atom. The van der Waals surface area contributed by atoms with Crippen LogP contribution in [-0.2, 0) is 4.74 Å². The molecule has 104 valence electrons. The molecule has 2 rings (SSSR count). The maximum absolute atomic E-state index is 12.0. The van der Waals surface area contributed by atoms with E-state index in [0.29, 0.717) is 12.3 Å². The van der Waals surface area contributed by atoms with Crippen molar-refractivity contribution in [2.24, 2.45) is 0 Å². The van der Waals surface area contributed by atoms with Crippen molar-refractivity contribution in [1.82, 2.24) is 5.32 Å². The van der Waals surface area contributed by atoms with Crippen molar-refractivity contribution in [3.63, 3.8) is 0 Å². The monoisotopic (exact) mass is 265 g/mol. The van der Waals surface area contributed by atoms with Crippen LogP contribution in [-0.4, -0.2) is 36.9 Å². The van der Waals surface area contributed by atoms with Crippen LogP contribution in [0.15, 0.2) is 18.2 Å². The second-order valence-corrected chi connectivity index (χ2v) is 4.97. The number of hydrogen-bond acceptors (Lipinski definition) is 4. The molecule has 0 saturated carbocycles. The highest BCUT2D eigenvalue weighted by Gasteiger charge is 2.30. The molecule has 0 aromatic heterocycles. The number of nitrogens with one attached hydrogen (secondary N) is 1. The summed E-state index contributed by atoms with van der Waals surface area (Å²) in [5, 5.41) is 12.6. The molecule has 0 spiro atoms. The van der Waals surface area contributed by atoms with Crippen LogP contribution in [0.5, 0.6) is 11.5 Å². The van der Waals surface area contributed by atoms with Gasteiger partial charge < -0.3 is 19.9 Å². The Bertz CT molecular complexity index is 467. The molecule has 1 aliphatic heterocycles. The summed E-state index contributed by atoms with van der Waals surface area (Å²) >= 11 is 0. The zero-order valence-corrected chi connectivity index (χ0v) is 11.2. The number of carbonyl (C=O) groups excluding carboxylic acids is 1. The van der Waals surface area contributed by atoms with Crippen LogP contribution >= 0.6 is 0 Å². The summed E-state index contributed by atoms with van der Waals surface area (Å²) in [6, 6.07) is 4.60. The van der Waals surface area contributed by atoms with E-state index in [2.05, 4.69) is 5.32 Å². The minimum atomic E-state index is -0.308. The van der Waals surface area contributed by atoms with Crippen LogP contribution < -0.4 is 10.1 Å². The van der Waals surface area contributed by atoms with Crippen LogP contribution in [0.2, 0.25) is 0 Å². The molecule has 1 fully saturated rings. The SMILES string of the molecule is COc1ccc(C(=O)NCC2(C)CCCO2)c(O)c1. The standard InChI is InChI=1S/C14H19NO4/c1-14(6-3-7-19-14)9-15-13(17)11-5-4-10(18-2)8-12(11)16/h4-5,8,16H,3,6-7,9H2,1-2H3,(H,15,17). The molecule has 0 bridgehead atoms. The summed E-state index contributed by atoms with van der Waals surface area (Å²) in [6.45, 7) is 3.16. The Balaban J connectivity index is 2.00. The molecule has 2 N–H and O–H groups in total. The fraction of sp³-hybridized carbons (Fsp3) is 0.500. The van der Waals surface area contributed by atoms with Crippen molar-refractivity contribution in [2.45, 2.75) is 25.4 Å². The summed E-state index contributed by atoms with van der Waals surface area (Å²) in [7, 11) is 1.51. The Labute approximate surface area is 112 Å². The minimum absolute atomic E-state index is 0.0886. The van der Waals surface area contributed by atoms with Crippen LogP contribution in [0.1, 0.15) is 30.1 Å². The van der Waals surface area contributed by atoms with E-state index in [-0.39, 0.29) is 22.8 Å². The molecular formula is C14H19NO4. The first kappa shape index (κ1) is 13.7. The molecule has 5 heteroatoms. The topological polar surface area (TPSA) is 67.8 Å². The molecule has 1 amide bonds. The van der Waals surface area contributed by atoms with Crippen LogP contribution in [0.25, 0.3) is 0 Å². The number of carbonyl (C=O) groups is 1. The fourth-order valence-electron chi connectivity index (χ4n) is 2.17. The van der Waals surface area contributed by atoms with Gasteiger partial charge in [-0.25, -0.2) is 0 Å². The van der Waals surface area contributed by atoms with Crippen molar-refractivity contribution < 1.29 is 19.4 Å². The zero-order chi connectivity index (χ0) is 13.9.